The number of hydrogen-bond donors (Lipinski definition) is 0. The van der Waals surface area contributed by atoms with Gasteiger partial charge < -0.3 is 0 Å². The predicted molar refractivity (Wildman–Crippen MR) is 30.7 cm³/mol. The molecule has 0 saturated heterocycles. The first kappa shape index (κ1) is 5.78. The maximum atomic E-state index is 4.13. The Kier molecular flexibility index (Phi) is 3.46. The molecule has 0 fully saturated rings. The van der Waals surface area contributed by atoms with Gasteiger partial charge in [0.1, 0.15) is 0 Å². The van der Waals surface area contributed by atoms with E-state index >= 15 is 0 Å². The van der Waals surface area contributed by atoms with Gasteiger partial charge in [-0.25, -0.2) is 0 Å². The van der Waals surface area contributed by atoms with Crippen molar-refractivity contribution in [2.75, 3.05) is 12.0 Å². The van der Waals surface area contributed by atoms with Gasteiger partial charge >= 0.3 is 36.6 Å². The van der Waals surface area contributed by atoms with Gasteiger partial charge in [-0.15, -0.1) is 0 Å². The van der Waals surface area contributed by atoms with Crippen LogP contribution in [-0.4, -0.2) is 12.0 Å². The first-order chi connectivity index (χ1) is 2.27. The van der Waals surface area contributed by atoms with Gasteiger partial charge in [0.25, 0.3) is 0 Å². The molecule has 0 aromatic heterocycles. The molecule has 0 aromatic carbocycles. The summed E-state index contributed by atoms with van der Waals surface area (Å²) in [7, 11) is 4.50. The van der Waals surface area contributed by atoms with Gasteiger partial charge in [-0.2, -0.15) is 0 Å². The van der Waals surface area contributed by atoms with Crippen LogP contribution in [0.2, 0.25) is 0 Å². The minimum absolute atomic E-state index is 0.372. The van der Waals surface area contributed by atoms with Crippen LogP contribution >= 0.6 is 7.81 Å². The molecule has 5 heavy (non-hydrogen) atoms. The monoisotopic (exact) mass is 107 g/mol. The van der Waals surface area contributed by atoms with Crippen LogP contribution in [0.4, 0.5) is 0 Å². The normalized spacial score (nSPS) is 9.20. The fraction of sp³-hybridized carbons (Fsp3) is 1.00. The predicted octanol–water partition coefficient (Wildman–Crippen LogP) is 1.58. The quantitative estimate of drug-likeness (QED) is 0.325. The van der Waals surface area contributed by atoms with Crippen molar-refractivity contribution in [1.82, 2.24) is 0 Å². The van der Waals surface area contributed by atoms with Crippen molar-refractivity contribution in [3.63, 3.8) is 0 Å². The fourth-order valence-electron chi connectivity index (χ4n) is 0. The number of rotatable bonds is 0. The average Bonchev–Trinajstić information content (AvgIpc) is 1.38. The Morgan fingerprint density at radius 2 is 2.00 bits per heavy atom. The van der Waals surface area contributed by atoms with E-state index in [1.54, 1.807) is 0 Å². The SMILES string of the molecule is CC[S-](C)#P. The average molecular weight is 107 g/mol. The Labute approximate surface area is 37.4 Å². The first-order valence-corrected chi connectivity index (χ1v) is 4.44. The summed E-state index contributed by atoms with van der Waals surface area (Å²) in [4.78, 5) is 0. The van der Waals surface area contributed by atoms with Crippen molar-refractivity contribution in [1.29, 1.82) is 0 Å². The molecule has 0 amide bonds. The zero-order chi connectivity index (χ0) is 4.28. The van der Waals surface area contributed by atoms with Crippen LogP contribution in [0.25, 0.3) is 0 Å². The van der Waals surface area contributed by atoms with Gasteiger partial charge in [0.2, 0.25) is 0 Å². The molecule has 0 radical (unpaired) electrons. The van der Waals surface area contributed by atoms with E-state index in [1.165, 1.54) is 5.75 Å². The molecule has 0 rings (SSSR count). The molecule has 0 nitrogen and oxygen atoms in total. The van der Waals surface area contributed by atoms with Gasteiger partial charge in [-0.1, -0.05) is 0 Å². The molecule has 0 bridgehead atoms. The molecule has 2 heteroatoms. The van der Waals surface area contributed by atoms with Crippen molar-refractivity contribution in [2.24, 2.45) is 0 Å². The maximum absolute atomic E-state index is 4.13. The van der Waals surface area contributed by atoms with Crippen LogP contribution in [0, 0.1) is 0 Å². The minimum atomic E-state index is 0.372. The Balaban J connectivity index is 2.97. The second-order valence-electron chi connectivity index (χ2n) is 0.889. The molecule has 0 aliphatic heterocycles. The van der Waals surface area contributed by atoms with E-state index < -0.39 is 0 Å². The summed E-state index contributed by atoms with van der Waals surface area (Å²) < 4.78 is 0. The summed E-state index contributed by atoms with van der Waals surface area (Å²) in [6, 6.07) is 0. The van der Waals surface area contributed by atoms with Gasteiger partial charge in [0.05, 0.1) is 0 Å². The topological polar surface area (TPSA) is 0 Å². The van der Waals surface area contributed by atoms with E-state index in [0.717, 1.165) is 0 Å². The zero-order valence-electron chi connectivity index (χ0n) is 3.56. The van der Waals surface area contributed by atoms with Crippen LogP contribution < -0.4 is 0 Å². The summed E-state index contributed by atoms with van der Waals surface area (Å²) in [5, 5.41) is 0. The van der Waals surface area contributed by atoms with Crippen molar-refractivity contribution in [2.45, 2.75) is 6.92 Å². The van der Waals surface area contributed by atoms with E-state index in [9.17, 15) is 0 Å². The van der Waals surface area contributed by atoms with Crippen LogP contribution in [0.15, 0.2) is 0 Å². The summed E-state index contributed by atoms with van der Waals surface area (Å²) in [6.07, 6.45) is 2.11. The molecular formula is C3H8PS-. The van der Waals surface area contributed by atoms with Gasteiger partial charge in [0.15, 0.2) is 0 Å². The molecular weight excluding hydrogens is 99.1 g/mol. The summed E-state index contributed by atoms with van der Waals surface area (Å²) >= 11 is 0. The molecule has 0 aliphatic carbocycles. The van der Waals surface area contributed by atoms with E-state index in [1.807, 2.05) is 0 Å². The molecule has 0 unspecified atom stereocenters. The molecule has 0 spiro atoms. The molecule has 32 valence electrons. The number of hydrogen-bond acceptors (Lipinski definition) is 1. The standard InChI is InChI=1S/C3H8PS/c1-3-5(2)4/h3H2,1-2H3/q-1. The Morgan fingerprint density at radius 1 is 1.80 bits per heavy atom. The summed E-state index contributed by atoms with van der Waals surface area (Å²) in [5.41, 5.74) is 0. The van der Waals surface area contributed by atoms with Gasteiger partial charge in [-0.3, -0.25) is 0 Å². The molecule has 0 atom stereocenters. The van der Waals surface area contributed by atoms with Crippen LogP contribution in [0.1, 0.15) is 6.92 Å². The van der Waals surface area contributed by atoms with Crippen LogP contribution in [0.3, 0.4) is 0 Å². The van der Waals surface area contributed by atoms with E-state index in [-0.39, 0.29) is 0 Å². The third-order valence-electron chi connectivity index (χ3n) is 0.418. The van der Waals surface area contributed by atoms with Gasteiger partial charge in [-0.05, 0) is 0 Å². The van der Waals surface area contributed by atoms with Crippen molar-refractivity contribution >= 4 is 17.7 Å². The summed E-state index contributed by atoms with van der Waals surface area (Å²) in [6.45, 7) is 2.14. The second-order valence-corrected chi connectivity index (χ2v) is 4.54. The second kappa shape index (κ2) is 2.99. The van der Waals surface area contributed by atoms with E-state index in [0.29, 0.717) is 9.87 Å². The van der Waals surface area contributed by atoms with Crippen LogP contribution in [-0.2, 0) is 9.87 Å². The third-order valence-corrected chi connectivity index (χ3v) is 2.03. The molecule has 0 N–H and O–H groups in total. The van der Waals surface area contributed by atoms with E-state index in [4.69, 9.17) is 0 Å². The Bertz CT molecular complexity index is 68.7. The first-order valence-electron chi connectivity index (χ1n) is 1.59. The van der Waals surface area contributed by atoms with Gasteiger partial charge in [0, 0.05) is 0 Å². The molecule has 0 aromatic rings. The van der Waals surface area contributed by atoms with E-state index in [2.05, 4.69) is 21.0 Å². The molecule has 0 aliphatic rings. The van der Waals surface area contributed by atoms with Crippen molar-refractivity contribution in [3.05, 3.63) is 0 Å². The van der Waals surface area contributed by atoms with Crippen molar-refractivity contribution in [3.8, 4) is 0 Å². The zero-order valence-corrected chi connectivity index (χ0v) is 5.27. The molecule has 0 saturated carbocycles. The Morgan fingerprint density at radius 3 is 2.00 bits per heavy atom. The fourth-order valence-corrected chi connectivity index (χ4v) is 0. The summed E-state index contributed by atoms with van der Waals surface area (Å²) in [5.74, 6) is 1.20. The Hall–Kier alpha value is 0.780. The van der Waals surface area contributed by atoms with Crippen molar-refractivity contribution < 1.29 is 0 Å². The van der Waals surface area contributed by atoms with Crippen LogP contribution in [0.5, 0.6) is 0 Å². The molecule has 0 heterocycles. The third kappa shape index (κ3) is 4.78.